The summed E-state index contributed by atoms with van der Waals surface area (Å²) in [4.78, 5) is 36.6. The zero-order chi connectivity index (χ0) is 23.6. The van der Waals surface area contributed by atoms with Gasteiger partial charge in [-0.05, 0) is 35.6 Å². The van der Waals surface area contributed by atoms with Crippen molar-refractivity contribution in [3.63, 3.8) is 0 Å². The van der Waals surface area contributed by atoms with Gasteiger partial charge in [0, 0.05) is 17.7 Å². The van der Waals surface area contributed by atoms with Gasteiger partial charge >= 0.3 is 0 Å². The first-order valence-corrected chi connectivity index (χ1v) is 11.8. The Kier molecular flexibility index (Phi) is 8.60. The number of non-ortho nitro benzene ring substituents is 1. The molecule has 8 heteroatoms. The number of rotatable bonds is 10. The number of amides is 2. The van der Waals surface area contributed by atoms with E-state index in [1.165, 1.54) is 24.3 Å². The summed E-state index contributed by atoms with van der Waals surface area (Å²) in [5.74, 6) is -0.189. The van der Waals surface area contributed by atoms with Gasteiger partial charge in [0.2, 0.25) is 5.91 Å². The average molecular weight is 464 g/mol. The maximum atomic E-state index is 13.3. The summed E-state index contributed by atoms with van der Waals surface area (Å²) >= 11 is 1.57. The smallest absolute Gasteiger partial charge is 0.270 e. The molecule has 3 rings (SSSR count). The minimum Gasteiger partial charge on any atom is -0.343 e. The first-order valence-electron chi connectivity index (χ1n) is 10.4. The van der Waals surface area contributed by atoms with Gasteiger partial charge in [-0.15, -0.1) is 0 Å². The highest BCUT2D eigenvalue weighted by atomic mass is 32.2. The van der Waals surface area contributed by atoms with Crippen LogP contribution in [0.15, 0.2) is 84.9 Å². The molecule has 0 aliphatic carbocycles. The van der Waals surface area contributed by atoms with E-state index in [2.05, 4.69) is 10.6 Å². The summed E-state index contributed by atoms with van der Waals surface area (Å²) in [5, 5.41) is 16.9. The van der Waals surface area contributed by atoms with Crippen molar-refractivity contribution in [2.75, 3.05) is 12.0 Å². The highest BCUT2D eigenvalue weighted by molar-refractivity contribution is 7.98. The molecule has 0 heterocycles. The van der Waals surface area contributed by atoms with Crippen molar-refractivity contribution in [3.05, 3.63) is 112 Å². The topological polar surface area (TPSA) is 101 Å². The molecule has 3 aromatic carbocycles. The number of carbonyl (C=O) groups excluding carboxylic acids is 2. The molecular weight excluding hydrogens is 438 g/mol. The zero-order valence-corrected chi connectivity index (χ0v) is 19.0. The summed E-state index contributed by atoms with van der Waals surface area (Å²) < 4.78 is 0. The molecule has 0 unspecified atom stereocenters. The van der Waals surface area contributed by atoms with E-state index in [0.29, 0.717) is 12.2 Å². The van der Waals surface area contributed by atoms with Gasteiger partial charge in [-0.2, -0.15) is 11.8 Å². The lowest BCUT2D eigenvalue weighted by Gasteiger charge is -2.24. The SMILES string of the molecule is CSCC[C@@H](NC(=O)c1cccc([N+](=O)[O-])c1)C(=O)NC(c1ccccc1)c1ccccc1. The molecule has 0 bridgehead atoms. The van der Waals surface area contributed by atoms with Crippen molar-refractivity contribution in [1.29, 1.82) is 0 Å². The van der Waals surface area contributed by atoms with E-state index in [1.807, 2.05) is 66.9 Å². The third-order valence-corrected chi connectivity index (χ3v) is 5.75. The Hall–Kier alpha value is -3.65. The van der Waals surface area contributed by atoms with E-state index in [-0.39, 0.29) is 23.2 Å². The van der Waals surface area contributed by atoms with Crippen LogP contribution in [0, 0.1) is 10.1 Å². The Bertz CT molecular complexity index is 1050. The summed E-state index contributed by atoms with van der Waals surface area (Å²) in [6.45, 7) is 0. The highest BCUT2D eigenvalue weighted by Crippen LogP contribution is 2.22. The van der Waals surface area contributed by atoms with Crippen LogP contribution in [0.3, 0.4) is 0 Å². The molecule has 0 spiro atoms. The zero-order valence-electron chi connectivity index (χ0n) is 18.1. The Labute approximate surface area is 196 Å². The number of thioether (sulfide) groups is 1. The van der Waals surface area contributed by atoms with Crippen LogP contribution >= 0.6 is 11.8 Å². The number of benzene rings is 3. The lowest BCUT2D eigenvalue weighted by Crippen LogP contribution is -2.48. The number of nitro groups is 1. The van der Waals surface area contributed by atoms with Crippen LogP contribution in [0.2, 0.25) is 0 Å². The van der Waals surface area contributed by atoms with Crippen molar-refractivity contribution in [2.24, 2.45) is 0 Å². The number of hydrogen-bond acceptors (Lipinski definition) is 5. The molecular formula is C25H25N3O4S. The van der Waals surface area contributed by atoms with Gasteiger partial charge in [0.15, 0.2) is 0 Å². The average Bonchev–Trinajstić information content (AvgIpc) is 2.85. The molecule has 0 aromatic heterocycles. The van der Waals surface area contributed by atoms with Crippen LogP contribution in [0.5, 0.6) is 0 Å². The molecule has 7 nitrogen and oxygen atoms in total. The van der Waals surface area contributed by atoms with E-state index in [1.54, 1.807) is 11.8 Å². The standard InChI is InChI=1S/C25H25N3O4S/c1-33-16-15-22(26-24(29)20-13-8-14-21(17-20)28(31)32)25(30)27-23(18-9-4-2-5-10-18)19-11-6-3-7-12-19/h2-14,17,22-23H,15-16H2,1H3,(H,26,29)(H,27,30)/t22-/m1/s1. The Morgan fingerprint density at radius 3 is 2.06 bits per heavy atom. The third kappa shape index (κ3) is 6.66. The van der Waals surface area contributed by atoms with Gasteiger partial charge in [-0.25, -0.2) is 0 Å². The van der Waals surface area contributed by atoms with Crippen molar-refractivity contribution < 1.29 is 14.5 Å². The minimum absolute atomic E-state index is 0.133. The number of nitrogens with one attached hydrogen (secondary N) is 2. The number of carbonyl (C=O) groups is 2. The van der Waals surface area contributed by atoms with Crippen molar-refractivity contribution >= 4 is 29.3 Å². The quantitative estimate of drug-likeness (QED) is 0.344. The summed E-state index contributed by atoms with van der Waals surface area (Å²) in [6.07, 6.45) is 2.35. The van der Waals surface area contributed by atoms with Gasteiger partial charge in [0.05, 0.1) is 11.0 Å². The predicted octanol–water partition coefficient (Wildman–Crippen LogP) is 4.35. The van der Waals surface area contributed by atoms with Crippen LogP contribution < -0.4 is 10.6 Å². The lowest BCUT2D eigenvalue weighted by molar-refractivity contribution is -0.384. The predicted molar refractivity (Wildman–Crippen MR) is 130 cm³/mol. The lowest BCUT2D eigenvalue weighted by atomic mass is 9.98. The second kappa shape index (κ2) is 11.8. The minimum atomic E-state index is -0.792. The molecule has 0 aliphatic heterocycles. The van der Waals surface area contributed by atoms with E-state index < -0.39 is 16.9 Å². The number of nitro benzene ring substituents is 1. The van der Waals surface area contributed by atoms with Crippen LogP contribution in [-0.2, 0) is 4.79 Å². The van der Waals surface area contributed by atoms with Crippen LogP contribution in [0.25, 0.3) is 0 Å². The van der Waals surface area contributed by atoms with Gasteiger partial charge in [-0.3, -0.25) is 19.7 Å². The second-order valence-corrected chi connectivity index (χ2v) is 8.36. The largest absolute Gasteiger partial charge is 0.343 e. The monoisotopic (exact) mass is 463 g/mol. The fraction of sp³-hybridized carbons (Fsp3) is 0.200. The Morgan fingerprint density at radius 2 is 1.52 bits per heavy atom. The molecule has 170 valence electrons. The fourth-order valence-electron chi connectivity index (χ4n) is 3.40. The van der Waals surface area contributed by atoms with Gasteiger partial charge in [0.1, 0.15) is 6.04 Å². The van der Waals surface area contributed by atoms with Crippen molar-refractivity contribution in [1.82, 2.24) is 10.6 Å². The van der Waals surface area contributed by atoms with Gasteiger partial charge < -0.3 is 10.6 Å². The molecule has 2 amide bonds. The summed E-state index contributed by atoms with van der Waals surface area (Å²) in [6, 6.07) is 23.5. The van der Waals surface area contributed by atoms with E-state index >= 15 is 0 Å². The summed E-state index contributed by atoms with van der Waals surface area (Å²) in [7, 11) is 0. The molecule has 0 fully saturated rings. The molecule has 2 N–H and O–H groups in total. The molecule has 0 saturated carbocycles. The number of nitrogens with zero attached hydrogens (tertiary/aromatic N) is 1. The third-order valence-electron chi connectivity index (χ3n) is 5.10. The maximum Gasteiger partial charge on any atom is 0.270 e. The van der Waals surface area contributed by atoms with E-state index in [9.17, 15) is 19.7 Å². The molecule has 0 aliphatic rings. The molecule has 33 heavy (non-hydrogen) atoms. The fourth-order valence-corrected chi connectivity index (χ4v) is 3.87. The first-order chi connectivity index (χ1) is 16.0. The maximum absolute atomic E-state index is 13.3. The van der Waals surface area contributed by atoms with Crippen LogP contribution in [0.1, 0.15) is 33.9 Å². The van der Waals surface area contributed by atoms with Crippen LogP contribution in [0.4, 0.5) is 5.69 Å². The van der Waals surface area contributed by atoms with Gasteiger partial charge in [-0.1, -0.05) is 66.7 Å². The molecule has 1 atom stereocenters. The Balaban J connectivity index is 1.82. The second-order valence-electron chi connectivity index (χ2n) is 7.38. The van der Waals surface area contributed by atoms with E-state index in [0.717, 1.165) is 11.1 Å². The molecule has 3 aromatic rings. The van der Waals surface area contributed by atoms with Gasteiger partial charge in [0.25, 0.3) is 11.6 Å². The van der Waals surface area contributed by atoms with Crippen molar-refractivity contribution in [2.45, 2.75) is 18.5 Å². The number of hydrogen-bond donors (Lipinski definition) is 2. The summed E-state index contributed by atoms with van der Waals surface area (Å²) in [5.41, 5.74) is 1.80. The molecule has 0 saturated heterocycles. The normalized spacial score (nSPS) is 11.6. The molecule has 0 radical (unpaired) electrons. The first kappa shape index (κ1) is 24.0. The Morgan fingerprint density at radius 1 is 0.909 bits per heavy atom. The van der Waals surface area contributed by atoms with Crippen LogP contribution in [-0.4, -0.2) is 34.8 Å². The van der Waals surface area contributed by atoms with E-state index in [4.69, 9.17) is 0 Å². The van der Waals surface area contributed by atoms with Crippen molar-refractivity contribution in [3.8, 4) is 0 Å². The highest BCUT2D eigenvalue weighted by Gasteiger charge is 2.25.